The van der Waals surface area contributed by atoms with Crippen molar-refractivity contribution < 1.29 is 24.2 Å². The lowest BCUT2D eigenvalue weighted by atomic mass is 10.0. The molecular weight excluding hydrogens is 254 g/mol. The summed E-state index contributed by atoms with van der Waals surface area (Å²) in [5.41, 5.74) is -0.641. The van der Waals surface area contributed by atoms with Gasteiger partial charge >= 0.3 is 12.2 Å². The Kier molecular flexibility index (Phi) is 4.57. The number of hydrogen-bond donors (Lipinski definition) is 4. The maximum Gasteiger partial charge on any atom is 0.408 e. The molecule has 3 amide bonds. The first-order valence-corrected chi connectivity index (χ1v) is 5.93. The topological polar surface area (TPSA) is 117 Å². The number of carbonyl (C=O) groups is 3. The van der Waals surface area contributed by atoms with Gasteiger partial charge in [0, 0.05) is 13.0 Å². The summed E-state index contributed by atoms with van der Waals surface area (Å²) in [7, 11) is 0. The summed E-state index contributed by atoms with van der Waals surface area (Å²) in [5, 5.41) is 16.0. The molecule has 108 valence electrons. The van der Waals surface area contributed by atoms with Crippen molar-refractivity contribution in [2.45, 2.75) is 44.9 Å². The van der Waals surface area contributed by atoms with Crippen LogP contribution in [0, 0.1) is 0 Å². The second-order valence-corrected chi connectivity index (χ2v) is 5.32. The number of carboxylic acid groups (broad SMARTS) is 1. The molecule has 1 aliphatic rings. The fraction of sp³-hybridized carbons (Fsp3) is 0.727. The second kappa shape index (κ2) is 5.77. The van der Waals surface area contributed by atoms with Crippen LogP contribution in [0.5, 0.6) is 0 Å². The first kappa shape index (κ1) is 15.1. The molecule has 0 aromatic heterocycles. The van der Waals surface area contributed by atoms with Gasteiger partial charge in [0.05, 0.1) is 12.1 Å². The van der Waals surface area contributed by atoms with E-state index in [2.05, 4.69) is 16.0 Å². The number of alkyl carbamates (subject to hydrolysis) is 1. The first-order valence-electron chi connectivity index (χ1n) is 5.93. The minimum atomic E-state index is -1.24. The molecule has 0 aliphatic carbocycles. The highest BCUT2D eigenvalue weighted by Crippen LogP contribution is 2.09. The molecule has 8 heteroatoms. The number of rotatable bonds is 2. The summed E-state index contributed by atoms with van der Waals surface area (Å²) in [6.07, 6.45) is -1.91. The number of carbonyl (C=O) groups excluding carboxylic acids is 2. The Morgan fingerprint density at radius 2 is 1.95 bits per heavy atom. The van der Waals surface area contributed by atoms with Gasteiger partial charge in [-0.05, 0) is 20.8 Å². The van der Waals surface area contributed by atoms with Crippen molar-refractivity contribution in [2.75, 3.05) is 6.54 Å². The van der Waals surface area contributed by atoms with Gasteiger partial charge in [0.25, 0.3) is 0 Å². The normalized spacial score (nSPS) is 23.2. The summed E-state index contributed by atoms with van der Waals surface area (Å²) >= 11 is 0. The zero-order valence-corrected chi connectivity index (χ0v) is 11.1. The third-order valence-electron chi connectivity index (χ3n) is 2.42. The van der Waals surface area contributed by atoms with E-state index in [1.165, 1.54) is 0 Å². The lowest BCUT2D eigenvalue weighted by Crippen LogP contribution is -2.61. The van der Waals surface area contributed by atoms with E-state index in [4.69, 9.17) is 9.84 Å². The van der Waals surface area contributed by atoms with Crippen LogP contribution in [0.15, 0.2) is 0 Å². The Bertz CT molecular complexity index is 375. The van der Waals surface area contributed by atoms with Crippen LogP contribution < -0.4 is 16.0 Å². The molecule has 8 nitrogen and oxygen atoms in total. The smallest absolute Gasteiger partial charge is 0.408 e. The third kappa shape index (κ3) is 5.45. The predicted octanol–water partition coefficient (Wildman–Crippen LogP) is 0.0358. The van der Waals surface area contributed by atoms with Crippen LogP contribution in [0.4, 0.5) is 9.59 Å². The summed E-state index contributed by atoms with van der Waals surface area (Å²) in [5.74, 6) is -0.263. The largest absolute Gasteiger partial charge is 0.465 e. The van der Waals surface area contributed by atoms with Crippen LogP contribution in [0.25, 0.3) is 0 Å². The Morgan fingerprint density at radius 3 is 2.47 bits per heavy atom. The van der Waals surface area contributed by atoms with Gasteiger partial charge in [0.2, 0.25) is 5.91 Å². The van der Waals surface area contributed by atoms with Crippen LogP contribution in [-0.2, 0) is 9.53 Å². The second-order valence-electron chi connectivity index (χ2n) is 5.32. The molecule has 1 fully saturated rings. The van der Waals surface area contributed by atoms with Gasteiger partial charge in [0.15, 0.2) is 0 Å². The highest BCUT2D eigenvalue weighted by atomic mass is 16.6. The van der Waals surface area contributed by atoms with E-state index in [0.717, 1.165) is 0 Å². The Hall–Kier alpha value is -1.99. The summed E-state index contributed by atoms with van der Waals surface area (Å²) in [6.45, 7) is 5.33. The number of ether oxygens (including phenoxy) is 1. The van der Waals surface area contributed by atoms with Crippen molar-refractivity contribution >= 4 is 18.1 Å². The number of nitrogens with one attached hydrogen (secondary N) is 3. The third-order valence-corrected chi connectivity index (χ3v) is 2.42. The predicted molar refractivity (Wildman–Crippen MR) is 65.7 cm³/mol. The maximum atomic E-state index is 11.6. The van der Waals surface area contributed by atoms with E-state index in [1.807, 2.05) is 0 Å². The van der Waals surface area contributed by atoms with Gasteiger partial charge in [-0.2, -0.15) is 0 Å². The van der Waals surface area contributed by atoms with Gasteiger partial charge < -0.3 is 25.8 Å². The molecule has 1 rings (SSSR count). The van der Waals surface area contributed by atoms with Gasteiger partial charge in [-0.25, -0.2) is 9.59 Å². The van der Waals surface area contributed by atoms with Crippen LogP contribution >= 0.6 is 0 Å². The molecule has 0 aromatic rings. The average molecular weight is 273 g/mol. The molecule has 0 radical (unpaired) electrons. The zero-order chi connectivity index (χ0) is 14.6. The molecule has 0 saturated carbocycles. The van der Waals surface area contributed by atoms with E-state index >= 15 is 0 Å². The van der Waals surface area contributed by atoms with Crippen molar-refractivity contribution in [1.29, 1.82) is 0 Å². The quantitative estimate of drug-likeness (QED) is 0.566. The summed E-state index contributed by atoms with van der Waals surface area (Å²) < 4.78 is 5.08. The SMILES string of the molecule is CC(C)(C)OC(=O)N[C@H]1CNC(=O)C[C@H]1NC(=O)O. The minimum Gasteiger partial charge on any atom is -0.465 e. The van der Waals surface area contributed by atoms with Crippen molar-refractivity contribution in [3.63, 3.8) is 0 Å². The average Bonchev–Trinajstić information content (AvgIpc) is 2.18. The molecule has 0 bridgehead atoms. The van der Waals surface area contributed by atoms with Crippen molar-refractivity contribution in [3.8, 4) is 0 Å². The Balaban J connectivity index is 2.60. The van der Waals surface area contributed by atoms with E-state index in [1.54, 1.807) is 20.8 Å². The maximum absolute atomic E-state index is 11.6. The minimum absolute atomic E-state index is 0.0211. The van der Waals surface area contributed by atoms with Gasteiger partial charge in [-0.3, -0.25) is 4.79 Å². The molecule has 1 saturated heterocycles. The first-order chi connectivity index (χ1) is 8.67. The molecule has 0 aromatic carbocycles. The summed E-state index contributed by atoms with van der Waals surface area (Å²) in [6, 6.07) is -1.21. The van der Waals surface area contributed by atoms with E-state index in [0.29, 0.717) is 0 Å². The molecule has 1 aliphatic heterocycles. The summed E-state index contributed by atoms with van der Waals surface area (Å²) in [4.78, 5) is 33.5. The van der Waals surface area contributed by atoms with E-state index in [9.17, 15) is 14.4 Å². The van der Waals surface area contributed by atoms with Crippen LogP contribution in [0.2, 0.25) is 0 Å². The monoisotopic (exact) mass is 273 g/mol. The molecule has 19 heavy (non-hydrogen) atoms. The van der Waals surface area contributed by atoms with E-state index in [-0.39, 0.29) is 18.9 Å². The zero-order valence-electron chi connectivity index (χ0n) is 11.1. The molecule has 1 heterocycles. The fourth-order valence-corrected chi connectivity index (χ4v) is 1.70. The molecule has 0 unspecified atom stereocenters. The van der Waals surface area contributed by atoms with Gasteiger partial charge in [-0.1, -0.05) is 0 Å². The van der Waals surface area contributed by atoms with Crippen LogP contribution in [-0.4, -0.2) is 47.4 Å². The van der Waals surface area contributed by atoms with Crippen molar-refractivity contribution in [3.05, 3.63) is 0 Å². The van der Waals surface area contributed by atoms with Crippen LogP contribution in [0.3, 0.4) is 0 Å². The lowest BCUT2D eigenvalue weighted by Gasteiger charge is -2.32. The van der Waals surface area contributed by atoms with Crippen molar-refractivity contribution in [2.24, 2.45) is 0 Å². The molecule has 0 spiro atoms. The Morgan fingerprint density at radius 1 is 1.32 bits per heavy atom. The van der Waals surface area contributed by atoms with Crippen molar-refractivity contribution in [1.82, 2.24) is 16.0 Å². The van der Waals surface area contributed by atoms with Crippen LogP contribution in [0.1, 0.15) is 27.2 Å². The van der Waals surface area contributed by atoms with Gasteiger partial charge in [-0.15, -0.1) is 0 Å². The highest BCUT2D eigenvalue weighted by Gasteiger charge is 2.32. The standard InChI is InChI=1S/C11H19N3O5/c1-11(2,3)19-10(18)14-7-5-12-8(15)4-6(7)13-9(16)17/h6-7,13H,4-5H2,1-3H3,(H,12,15)(H,14,18)(H,16,17)/t6-,7+/m1/s1. The van der Waals surface area contributed by atoms with E-state index < -0.39 is 29.9 Å². The molecule has 4 N–H and O–H groups in total. The number of amides is 3. The Labute approximate surface area is 110 Å². The van der Waals surface area contributed by atoms with Gasteiger partial charge in [0.1, 0.15) is 5.60 Å². The fourth-order valence-electron chi connectivity index (χ4n) is 1.70. The molecular formula is C11H19N3O5. The lowest BCUT2D eigenvalue weighted by molar-refractivity contribution is -0.123. The highest BCUT2D eigenvalue weighted by molar-refractivity contribution is 5.79. The molecule has 2 atom stereocenters. The number of hydrogen-bond acceptors (Lipinski definition) is 4. The number of piperidine rings is 1.